The first kappa shape index (κ1) is 14.3. The predicted molar refractivity (Wildman–Crippen MR) is 75.1 cm³/mol. The normalized spacial score (nSPS) is 21.2. The number of carbonyl (C=O) groups is 1. The second-order valence-electron chi connectivity index (χ2n) is 4.40. The van der Waals surface area contributed by atoms with Crippen LogP contribution in [0.5, 0.6) is 0 Å². The Hall–Kier alpha value is -0.130. The van der Waals surface area contributed by atoms with Gasteiger partial charge in [-0.3, -0.25) is 9.69 Å². The summed E-state index contributed by atoms with van der Waals surface area (Å²) in [4.78, 5) is 14.2. The van der Waals surface area contributed by atoms with Crippen LogP contribution in [-0.4, -0.2) is 43.5 Å². The molecule has 1 atom stereocenters. The molecule has 1 aliphatic heterocycles. The van der Waals surface area contributed by atoms with Gasteiger partial charge in [0.05, 0.1) is 22.5 Å². The van der Waals surface area contributed by atoms with Crippen molar-refractivity contribution in [2.24, 2.45) is 0 Å². The smallest absolute Gasteiger partial charge is 0.179 e. The van der Waals surface area contributed by atoms with Crippen LogP contribution in [0.15, 0.2) is 6.07 Å². The van der Waals surface area contributed by atoms with Crippen molar-refractivity contribution in [3.63, 3.8) is 0 Å². The van der Waals surface area contributed by atoms with Gasteiger partial charge in [0.15, 0.2) is 5.78 Å². The number of nitrogens with zero attached hydrogens (tertiary/aromatic N) is 1. The van der Waals surface area contributed by atoms with Gasteiger partial charge in [-0.2, -0.15) is 0 Å². The molecule has 0 saturated carbocycles. The average Bonchev–Trinajstić information content (AvgIpc) is 2.69. The van der Waals surface area contributed by atoms with Gasteiger partial charge in [-0.1, -0.05) is 23.2 Å². The number of halogens is 2. The Balaban J connectivity index is 1.97. The molecule has 0 spiro atoms. The predicted octanol–water partition coefficient (Wildman–Crippen LogP) is 3.35. The lowest BCUT2D eigenvalue weighted by atomic mass is 10.1. The van der Waals surface area contributed by atoms with Gasteiger partial charge in [-0.05, 0) is 25.5 Å². The lowest BCUT2D eigenvalue weighted by molar-refractivity contribution is 0.0314. The number of hydrogen-bond donors (Lipinski definition) is 0. The van der Waals surface area contributed by atoms with E-state index in [0.717, 1.165) is 25.9 Å². The molecule has 1 aromatic rings. The number of thiophene rings is 1. The maximum atomic E-state index is 12.1. The highest BCUT2D eigenvalue weighted by Crippen LogP contribution is 2.31. The van der Waals surface area contributed by atoms with Crippen LogP contribution in [0.3, 0.4) is 0 Å². The SMILES string of the molecule is COC1CCCN(CC(=O)c2cc(Cl)sc2Cl)C1. The maximum Gasteiger partial charge on any atom is 0.179 e. The van der Waals surface area contributed by atoms with Crippen molar-refractivity contribution < 1.29 is 9.53 Å². The van der Waals surface area contributed by atoms with E-state index in [4.69, 9.17) is 27.9 Å². The minimum absolute atomic E-state index is 0.0277. The van der Waals surface area contributed by atoms with E-state index in [2.05, 4.69) is 4.90 Å². The van der Waals surface area contributed by atoms with Gasteiger partial charge in [-0.25, -0.2) is 0 Å². The lowest BCUT2D eigenvalue weighted by Crippen LogP contribution is -2.41. The molecule has 6 heteroatoms. The second-order valence-corrected chi connectivity index (χ2v) is 6.68. The van der Waals surface area contributed by atoms with Crippen LogP contribution in [-0.2, 0) is 4.74 Å². The molecule has 0 aliphatic carbocycles. The first-order valence-electron chi connectivity index (χ1n) is 5.83. The van der Waals surface area contributed by atoms with E-state index in [9.17, 15) is 4.79 Å². The maximum absolute atomic E-state index is 12.1. The summed E-state index contributed by atoms with van der Waals surface area (Å²) >= 11 is 13.1. The fourth-order valence-corrected chi connectivity index (χ4v) is 3.67. The molecule has 0 radical (unpaired) electrons. The summed E-state index contributed by atoms with van der Waals surface area (Å²) < 4.78 is 6.37. The first-order valence-corrected chi connectivity index (χ1v) is 7.40. The molecule has 100 valence electrons. The lowest BCUT2D eigenvalue weighted by Gasteiger charge is -2.31. The highest BCUT2D eigenvalue weighted by molar-refractivity contribution is 7.20. The molecule has 2 heterocycles. The molecule has 0 aromatic carbocycles. The number of ketones is 1. The zero-order valence-corrected chi connectivity index (χ0v) is 12.4. The highest BCUT2D eigenvalue weighted by atomic mass is 35.5. The molecule has 0 bridgehead atoms. The van der Waals surface area contributed by atoms with Crippen molar-refractivity contribution >= 4 is 40.3 Å². The van der Waals surface area contributed by atoms with Gasteiger partial charge < -0.3 is 4.74 Å². The number of ether oxygens (including phenoxy) is 1. The fourth-order valence-electron chi connectivity index (χ4n) is 2.17. The van der Waals surface area contributed by atoms with Crippen molar-refractivity contribution in [1.82, 2.24) is 4.90 Å². The van der Waals surface area contributed by atoms with E-state index in [1.807, 2.05) is 0 Å². The summed E-state index contributed by atoms with van der Waals surface area (Å²) in [5.41, 5.74) is 0.534. The van der Waals surface area contributed by atoms with E-state index in [-0.39, 0.29) is 11.9 Å². The molecule has 1 aliphatic rings. The summed E-state index contributed by atoms with van der Waals surface area (Å²) in [7, 11) is 1.71. The van der Waals surface area contributed by atoms with Crippen molar-refractivity contribution in [2.75, 3.05) is 26.7 Å². The Morgan fingerprint density at radius 3 is 3.00 bits per heavy atom. The summed E-state index contributed by atoms with van der Waals surface area (Å²) in [5, 5.41) is 0. The molecular weight excluding hydrogens is 293 g/mol. The molecule has 3 nitrogen and oxygen atoms in total. The van der Waals surface area contributed by atoms with Crippen LogP contribution < -0.4 is 0 Å². The molecule has 1 unspecified atom stereocenters. The monoisotopic (exact) mass is 307 g/mol. The van der Waals surface area contributed by atoms with Crippen LogP contribution in [0.25, 0.3) is 0 Å². The number of likely N-dealkylation sites (tertiary alicyclic amines) is 1. The van der Waals surface area contributed by atoms with Gasteiger partial charge in [-0.15, -0.1) is 11.3 Å². The van der Waals surface area contributed by atoms with Crippen molar-refractivity contribution in [1.29, 1.82) is 0 Å². The Bertz CT molecular complexity index is 436. The molecule has 2 rings (SSSR count). The van der Waals surface area contributed by atoms with E-state index in [1.54, 1.807) is 13.2 Å². The van der Waals surface area contributed by atoms with Gasteiger partial charge in [0.1, 0.15) is 4.34 Å². The Morgan fingerprint density at radius 2 is 2.39 bits per heavy atom. The summed E-state index contributed by atoms with van der Waals surface area (Å²) in [6.45, 7) is 2.12. The molecule has 18 heavy (non-hydrogen) atoms. The molecular formula is C12H15Cl2NO2S. The van der Waals surface area contributed by atoms with Gasteiger partial charge >= 0.3 is 0 Å². The van der Waals surface area contributed by atoms with E-state index < -0.39 is 0 Å². The Labute approximate surface area is 121 Å². The van der Waals surface area contributed by atoms with Crippen molar-refractivity contribution in [2.45, 2.75) is 18.9 Å². The molecule has 0 amide bonds. The van der Waals surface area contributed by atoms with Crippen molar-refractivity contribution in [3.05, 3.63) is 20.3 Å². The Morgan fingerprint density at radius 1 is 1.61 bits per heavy atom. The van der Waals surface area contributed by atoms with Gasteiger partial charge in [0, 0.05) is 13.7 Å². The molecule has 0 N–H and O–H groups in total. The zero-order valence-electron chi connectivity index (χ0n) is 10.1. The number of carbonyl (C=O) groups excluding carboxylic acids is 1. The quantitative estimate of drug-likeness (QED) is 0.799. The van der Waals surface area contributed by atoms with Crippen LogP contribution in [0.2, 0.25) is 8.67 Å². The third-order valence-electron chi connectivity index (χ3n) is 3.12. The van der Waals surface area contributed by atoms with Gasteiger partial charge in [0.2, 0.25) is 0 Å². The minimum atomic E-state index is 0.0277. The van der Waals surface area contributed by atoms with Crippen molar-refractivity contribution in [3.8, 4) is 0 Å². The van der Waals surface area contributed by atoms with Crippen LogP contribution in [0.1, 0.15) is 23.2 Å². The van der Waals surface area contributed by atoms with Crippen LogP contribution in [0.4, 0.5) is 0 Å². The molecule has 1 fully saturated rings. The number of piperidine rings is 1. The van der Waals surface area contributed by atoms with E-state index in [0.29, 0.717) is 20.8 Å². The summed E-state index contributed by atoms with van der Waals surface area (Å²) in [6.07, 6.45) is 2.35. The highest BCUT2D eigenvalue weighted by Gasteiger charge is 2.23. The topological polar surface area (TPSA) is 29.5 Å². The summed E-state index contributed by atoms with van der Waals surface area (Å²) in [6, 6.07) is 1.65. The molecule has 1 aromatic heterocycles. The Kier molecular flexibility index (Phi) is 5.04. The zero-order chi connectivity index (χ0) is 13.1. The number of rotatable bonds is 4. The van der Waals surface area contributed by atoms with E-state index >= 15 is 0 Å². The number of hydrogen-bond acceptors (Lipinski definition) is 4. The van der Waals surface area contributed by atoms with Crippen LogP contribution in [0, 0.1) is 0 Å². The minimum Gasteiger partial charge on any atom is -0.380 e. The van der Waals surface area contributed by atoms with Gasteiger partial charge in [0.25, 0.3) is 0 Å². The summed E-state index contributed by atoms with van der Waals surface area (Å²) in [5.74, 6) is 0.0277. The third-order valence-corrected chi connectivity index (χ3v) is 4.61. The standard InChI is InChI=1S/C12H15Cl2NO2S/c1-17-8-3-2-4-15(6-8)7-10(16)9-5-11(13)18-12(9)14/h5,8H,2-4,6-7H2,1H3. The average molecular weight is 308 g/mol. The number of Topliss-reactive ketones (excluding diaryl/α,β-unsaturated/α-hetero) is 1. The van der Waals surface area contributed by atoms with E-state index in [1.165, 1.54) is 11.3 Å². The first-order chi connectivity index (χ1) is 8.60. The van der Waals surface area contributed by atoms with Crippen LogP contribution >= 0.6 is 34.5 Å². The number of methoxy groups -OCH3 is 1. The fraction of sp³-hybridized carbons (Fsp3) is 0.583. The molecule has 1 saturated heterocycles. The third kappa shape index (κ3) is 3.45. The second kappa shape index (κ2) is 6.35. The largest absolute Gasteiger partial charge is 0.380 e.